The largest absolute Gasteiger partial charge is 0.454 e. The van der Waals surface area contributed by atoms with Crippen LogP contribution in [0, 0.1) is 13.8 Å². The number of carbonyl (C=O) groups is 2. The molecule has 2 N–H and O–H groups in total. The highest BCUT2D eigenvalue weighted by molar-refractivity contribution is 6.31. The summed E-state index contributed by atoms with van der Waals surface area (Å²) in [5, 5.41) is 13.9. The lowest BCUT2D eigenvalue weighted by atomic mass is 10.2. The lowest BCUT2D eigenvalue weighted by Gasteiger charge is -2.09. The molecule has 0 spiro atoms. The number of nitrogens with zero attached hydrogens (tertiary/aromatic N) is 3. The first-order valence-corrected chi connectivity index (χ1v) is 9.45. The van der Waals surface area contributed by atoms with E-state index in [2.05, 4.69) is 20.9 Å². The molecule has 1 aliphatic rings. The van der Waals surface area contributed by atoms with E-state index in [4.69, 9.17) is 21.1 Å². The van der Waals surface area contributed by atoms with E-state index < -0.39 is 5.91 Å². The van der Waals surface area contributed by atoms with Crippen LogP contribution in [0.5, 0.6) is 11.5 Å². The number of benzene rings is 2. The summed E-state index contributed by atoms with van der Waals surface area (Å²) in [6, 6.07) is 10.3. The average Bonchev–Trinajstić information content (AvgIpc) is 3.31. The van der Waals surface area contributed by atoms with Crippen LogP contribution in [0.1, 0.15) is 21.7 Å². The van der Waals surface area contributed by atoms with Crippen LogP contribution in [0.25, 0.3) is 0 Å². The maximum Gasteiger partial charge on any atom is 0.278 e. The summed E-state index contributed by atoms with van der Waals surface area (Å²) in [5.41, 5.74) is 2.61. The molecule has 2 amide bonds. The summed E-state index contributed by atoms with van der Waals surface area (Å²) >= 11 is 5.99. The molecule has 0 atom stereocenters. The number of fused-ring (bicyclic) bond motifs is 1. The van der Waals surface area contributed by atoms with E-state index >= 15 is 0 Å². The number of halogens is 1. The first-order valence-electron chi connectivity index (χ1n) is 9.08. The third-order valence-corrected chi connectivity index (χ3v) is 4.83. The minimum Gasteiger partial charge on any atom is -0.454 e. The topological polar surface area (TPSA) is 107 Å². The lowest BCUT2D eigenvalue weighted by molar-refractivity contribution is -0.117. The maximum atomic E-state index is 12.6. The molecule has 0 saturated heterocycles. The Hall–Kier alpha value is -3.59. The normalized spacial score (nSPS) is 12.0. The third-order valence-electron chi connectivity index (χ3n) is 4.60. The van der Waals surface area contributed by atoms with Crippen LogP contribution in [0.4, 0.5) is 11.4 Å². The number of carbonyl (C=O) groups excluding carboxylic acids is 2. The van der Waals surface area contributed by atoms with Gasteiger partial charge in [0.1, 0.15) is 6.54 Å². The minimum absolute atomic E-state index is 0.100. The van der Waals surface area contributed by atoms with Gasteiger partial charge in [-0.15, -0.1) is 5.10 Å². The van der Waals surface area contributed by atoms with Crippen LogP contribution >= 0.6 is 11.6 Å². The first kappa shape index (κ1) is 19.7. The monoisotopic (exact) mass is 427 g/mol. The summed E-state index contributed by atoms with van der Waals surface area (Å²) < 4.78 is 11.9. The van der Waals surface area contributed by atoms with E-state index in [-0.39, 0.29) is 24.9 Å². The maximum absolute atomic E-state index is 12.6. The molecule has 0 aliphatic carbocycles. The van der Waals surface area contributed by atoms with Crippen molar-refractivity contribution in [3.8, 4) is 11.5 Å². The molecular weight excluding hydrogens is 410 g/mol. The van der Waals surface area contributed by atoms with E-state index in [0.717, 1.165) is 5.56 Å². The van der Waals surface area contributed by atoms with Gasteiger partial charge in [-0.1, -0.05) is 22.9 Å². The van der Waals surface area contributed by atoms with Crippen molar-refractivity contribution in [3.63, 3.8) is 0 Å². The number of nitrogens with one attached hydrogen (secondary N) is 2. The molecule has 1 aromatic heterocycles. The zero-order chi connectivity index (χ0) is 21.3. The van der Waals surface area contributed by atoms with Gasteiger partial charge in [0.05, 0.1) is 5.69 Å². The molecule has 2 heterocycles. The van der Waals surface area contributed by atoms with Gasteiger partial charge < -0.3 is 20.1 Å². The van der Waals surface area contributed by atoms with Crippen LogP contribution in [-0.2, 0) is 11.3 Å². The Labute approximate surface area is 176 Å². The number of amides is 2. The van der Waals surface area contributed by atoms with Crippen molar-refractivity contribution in [2.45, 2.75) is 20.4 Å². The number of hydrogen-bond acceptors (Lipinski definition) is 6. The van der Waals surface area contributed by atoms with Crippen molar-refractivity contribution in [3.05, 3.63) is 58.4 Å². The Kier molecular flexibility index (Phi) is 5.28. The highest BCUT2D eigenvalue weighted by atomic mass is 35.5. The molecule has 1 aliphatic heterocycles. The number of ether oxygens (including phenoxy) is 2. The molecule has 30 heavy (non-hydrogen) atoms. The quantitative estimate of drug-likeness (QED) is 0.647. The molecule has 4 rings (SSSR count). The van der Waals surface area contributed by atoms with E-state index in [1.54, 1.807) is 37.3 Å². The van der Waals surface area contributed by atoms with Gasteiger partial charge in [-0.05, 0) is 43.7 Å². The van der Waals surface area contributed by atoms with Crippen LogP contribution in [-0.4, -0.2) is 33.6 Å². The van der Waals surface area contributed by atoms with Gasteiger partial charge in [-0.3, -0.25) is 9.59 Å². The van der Waals surface area contributed by atoms with Gasteiger partial charge in [-0.25, -0.2) is 4.68 Å². The number of hydrogen-bond donors (Lipinski definition) is 2. The van der Waals surface area contributed by atoms with Crippen molar-refractivity contribution in [1.29, 1.82) is 0 Å². The first-order chi connectivity index (χ1) is 14.4. The molecule has 154 valence electrons. The third kappa shape index (κ3) is 4.06. The van der Waals surface area contributed by atoms with E-state index in [1.807, 2.05) is 13.0 Å². The summed E-state index contributed by atoms with van der Waals surface area (Å²) in [6.07, 6.45) is 0. The Balaban J connectivity index is 1.43. The predicted molar refractivity (Wildman–Crippen MR) is 110 cm³/mol. The molecule has 0 saturated carbocycles. The molecule has 9 nitrogen and oxygen atoms in total. The Morgan fingerprint density at radius 1 is 1.10 bits per heavy atom. The smallest absolute Gasteiger partial charge is 0.278 e. The molecular formula is C20H18ClN5O4. The van der Waals surface area contributed by atoms with Gasteiger partial charge in [0.25, 0.3) is 5.91 Å². The van der Waals surface area contributed by atoms with Crippen molar-refractivity contribution in [2.24, 2.45) is 0 Å². The molecule has 3 aromatic rings. The highest BCUT2D eigenvalue weighted by Gasteiger charge is 2.19. The predicted octanol–water partition coefficient (Wildman–Crippen LogP) is 3.17. The van der Waals surface area contributed by atoms with Crippen molar-refractivity contribution in [2.75, 3.05) is 17.4 Å². The Bertz CT molecular complexity index is 1140. The summed E-state index contributed by atoms with van der Waals surface area (Å²) in [7, 11) is 0. The van der Waals surface area contributed by atoms with Crippen molar-refractivity contribution < 1.29 is 19.1 Å². The highest BCUT2D eigenvalue weighted by Crippen LogP contribution is 2.34. The fourth-order valence-electron chi connectivity index (χ4n) is 2.94. The Morgan fingerprint density at radius 3 is 2.73 bits per heavy atom. The number of aromatic nitrogens is 3. The zero-order valence-electron chi connectivity index (χ0n) is 16.2. The molecule has 0 fully saturated rings. The minimum atomic E-state index is -0.430. The summed E-state index contributed by atoms with van der Waals surface area (Å²) in [4.78, 5) is 25.0. The lowest BCUT2D eigenvalue weighted by Crippen LogP contribution is -2.21. The van der Waals surface area contributed by atoms with Crippen molar-refractivity contribution >= 4 is 34.8 Å². The fraction of sp³-hybridized carbons (Fsp3) is 0.200. The molecule has 0 bridgehead atoms. The molecule has 0 unspecified atom stereocenters. The second kappa shape index (κ2) is 8.03. The summed E-state index contributed by atoms with van der Waals surface area (Å²) in [5.74, 6) is 0.450. The fourth-order valence-corrected chi connectivity index (χ4v) is 3.11. The van der Waals surface area contributed by atoms with Crippen LogP contribution in [0.2, 0.25) is 5.02 Å². The van der Waals surface area contributed by atoms with Gasteiger partial charge in [-0.2, -0.15) is 0 Å². The number of anilines is 2. The number of rotatable bonds is 5. The van der Waals surface area contributed by atoms with Gasteiger partial charge in [0.15, 0.2) is 17.2 Å². The van der Waals surface area contributed by atoms with E-state index in [9.17, 15) is 9.59 Å². The van der Waals surface area contributed by atoms with Crippen molar-refractivity contribution in [1.82, 2.24) is 15.0 Å². The average molecular weight is 428 g/mol. The standard InChI is InChI=1S/C20H18ClN5O4/c1-11-3-4-13(21)7-15(11)23-20(28)19-12(2)26(25-24-19)9-18(27)22-14-5-6-16-17(8-14)30-10-29-16/h3-8H,9-10H2,1-2H3,(H,22,27)(H,23,28). The van der Waals surface area contributed by atoms with E-state index in [1.165, 1.54) is 4.68 Å². The molecule has 2 aromatic carbocycles. The molecule has 0 radical (unpaired) electrons. The van der Waals surface area contributed by atoms with Gasteiger partial charge >= 0.3 is 0 Å². The van der Waals surface area contributed by atoms with Crippen LogP contribution in [0.15, 0.2) is 36.4 Å². The SMILES string of the molecule is Cc1ccc(Cl)cc1NC(=O)c1nnn(CC(=O)Nc2ccc3c(c2)OCO3)c1C. The summed E-state index contributed by atoms with van der Waals surface area (Å²) in [6.45, 7) is 3.59. The number of aryl methyl sites for hydroxylation is 1. The second-order valence-electron chi connectivity index (χ2n) is 6.71. The van der Waals surface area contributed by atoms with Crippen LogP contribution < -0.4 is 20.1 Å². The Morgan fingerprint density at radius 2 is 1.90 bits per heavy atom. The van der Waals surface area contributed by atoms with E-state index in [0.29, 0.717) is 33.6 Å². The van der Waals surface area contributed by atoms with Crippen LogP contribution in [0.3, 0.4) is 0 Å². The zero-order valence-corrected chi connectivity index (χ0v) is 17.0. The second-order valence-corrected chi connectivity index (χ2v) is 7.15. The molecule has 10 heteroatoms. The van der Waals surface area contributed by atoms with Gasteiger partial charge in [0.2, 0.25) is 12.7 Å². The van der Waals surface area contributed by atoms with Gasteiger partial charge in [0, 0.05) is 22.5 Å².